The van der Waals surface area contributed by atoms with Crippen LogP contribution in [0.5, 0.6) is 17.2 Å². The third-order valence-electron chi connectivity index (χ3n) is 6.38. The highest BCUT2D eigenvalue weighted by Crippen LogP contribution is 2.37. The van der Waals surface area contributed by atoms with Gasteiger partial charge in [-0.1, -0.05) is 6.07 Å². The second-order valence-electron chi connectivity index (χ2n) is 8.67. The lowest BCUT2D eigenvalue weighted by Crippen LogP contribution is -2.23. The Kier molecular flexibility index (Phi) is 6.83. The van der Waals surface area contributed by atoms with Crippen LogP contribution in [-0.4, -0.2) is 37.1 Å². The van der Waals surface area contributed by atoms with Gasteiger partial charge in [-0.05, 0) is 54.6 Å². The van der Waals surface area contributed by atoms with Gasteiger partial charge in [0.15, 0.2) is 0 Å². The quantitative estimate of drug-likeness (QED) is 0.311. The number of methoxy groups -OCH3 is 3. The Balaban J connectivity index is 1.56. The monoisotopic (exact) mass is 517 g/mol. The number of carbonyl (C=O) groups excluding carboxylic acids is 1. The van der Waals surface area contributed by atoms with Crippen LogP contribution in [-0.2, 0) is 13.1 Å². The van der Waals surface area contributed by atoms with Gasteiger partial charge in [0, 0.05) is 17.3 Å². The van der Waals surface area contributed by atoms with Crippen molar-refractivity contribution in [2.24, 2.45) is 0 Å². The minimum atomic E-state index is -0.739. The average molecular weight is 518 g/mol. The van der Waals surface area contributed by atoms with Crippen molar-refractivity contribution in [2.45, 2.75) is 13.1 Å². The number of rotatable bonds is 8. The second kappa shape index (κ2) is 10.4. The van der Waals surface area contributed by atoms with Crippen molar-refractivity contribution in [1.29, 1.82) is 0 Å². The normalized spacial score (nSPS) is 12.3. The first-order valence-electron chi connectivity index (χ1n) is 11.8. The summed E-state index contributed by atoms with van der Waals surface area (Å²) >= 11 is 0. The summed E-state index contributed by atoms with van der Waals surface area (Å²) in [5.74, 6) is 0.133. The molecule has 194 valence electrons. The molecule has 0 saturated heterocycles. The van der Waals surface area contributed by atoms with Crippen LogP contribution >= 0.6 is 0 Å². The number of anilines is 2. The highest BCUT2D eigenvalue weighted by Gasteiger charge is 2.33. The number of halogens is 2. The van der Waals surface area contributed by atoms with E-state index in [-0.39, 0.29) is 30.3 Å². The number of pyridine rings is 1. The minimum Gasteiger partial charge on any atom is -0.497 e. The van der Waals surface area contributed by atoms with Crippen LogP contribution in [0.1, 0.15) is 21.6 Å². The summed E-state index contributed by atoms with van der Waals surface area (Å²) in [6, 6.07) is 17.6. The maximum atomic E-state index is 14.7. The van der Waals surface area contributed by atoms with Crippen LogP contribution in [0.25, 0.3) is 11.3 Å². The number of fused-ring (bicyclic) bond motifs is 1. The fourth-order valence-corrected chi connectivity index (χ4v) is 4.48. The number of hydrogen-bond donors (Lipinski definition) is 1. The molecule has 7 nitrogen and oxygen atoms in total. The van der Waals surface area contributed by atoms with Gasteiger partial charge in [-0.25, -0.2) is 13.8 Å². The molecule has 3 aromatic carbocycles. The largest absolute Gasteiger partial charge is 0.497 e. The number of hydrogen-bond acceptors (Lipinski definition) is 6. The molecule has 0 saturated carbocycles. The molecular weight excluding hydrogens is 492 g/mol. The van der Waals surface area contributed by atoms with Crippen molar-refractivity contribution in [1.82, 2.24) is 9.88 Å². The van der Waals surface area contributed by atoms with Crippen molar-refractivity contribution >= 4 is 17.3 Å². The molecule has 1 aliphatic heterocycles. The number of amides is 1. The first kappa shape index (κ1) is 25.0. The average Bonchev–Trinajstić information content (AvgIpc) is 3.24. The minimum absolute atomic E-state index is 0.0899. The van der Waals surface area contributed by atoms with E-state index >= 15 is 0 Å². The smallest absolute Gasteiger partial charge is 0.258 e. The molecule has 1 aliphatic rings. The Hall–Kier alpha value is -4.66. The summed E-state index contributed by atoms with van der Waals surface area (Å²) in [6.07, 6.45) is 0. The van der Waals surface area contributed by atoms with Gasteiger partial charge in [-0.15, -0.1) is 0 Å². The Labute approximate surface area is 218 Å². The molecule has 4 aromatic rings. The fourth-order valence-electron chi connectivity index (χ4n) is 4.48. The highest BCUT2D eigenvalue weighted by atomic mass is 19.1. The predicted octanol–water partition coefficient (Wildman–Crippen LogP) is 5.95. The summed E-state index contributed by atoms with van der Waals surface area (Å²) < 4.78 is 45.4. The fraction of sp³-hybridized carbons (Fsp3) is 0.172. The lowest BCUT2D eigenvalue weighted by atomic mass is 10.1. The van der Waals surface area contributed by atoms with Gasteiger partial charge >= 0.3 is 0 Å². The van der Waals surface area contributed by atoms with Crippen molar-refractivity contribution in [3.8, 4) is 28.5 Å². The van der Waals surface area contributed by atoms with E-state index < -0.39 is 11.6 Å². The molecule has 2 heterocycles. The molecule has 0 radical (unpaired) electrons. The lowest BCUT2D eigenvalue weighted by molar-refractivity contribution is 0.0766. The Bertz CT molecular complexity index is 1490. The van der Waals surface area contributed by atoms with Crippen molar-refractivity contribution in [2.75, 3.05) is 26.6 Å². The number of carbonyl (C=O) groups is 1. The zero-order valence-corrected chi connectivity index (χ0v) is 21.0. The van der Waals surface area contributed by atoms with Gasteiger partial charge in [0.25, 0.3) is 5.91 Å². The van der Waals surface area contributed by atoms with E-state index in [0.29, 0.717) is 39.9 Å². The van der Waals surface area contributed by atoms with Gasteiger partial charge < -0.3 is 24.4 Å². The molecule has 1 amide bonds. The first-order valence-corrected chi connectivity index (χ1v) is 11.8. The molecule has 38 heavy (non-hydrogen) atoms. The SMILES string of the molecule is COc1ccc(Nc2cc(-c3c(F)cccc3F)nc3c2C(=O)N(Cc2ccc(OC)cc2OC)C3)cc1. The molecule has 0 fully saturated rings. The summed E-state index contributed by atoms with van der Waals surface area (Å²) in [5.41, 5.74) is 2.43. The van der Waals surface area contributed by atoms with E-state index in [9.17, 15) is 13.6 Å². The molecule has 5 rings (SSSR count). The lowest BCUT2D eigenvalue weighted by Gasteiger charge is -2.18. The predicted molar refractivity (Wildman–Crippen MR) is 139 cm³/mol. The van der Waals surface area contributed by atoms with Gasteiger partial charge in [-0.3, -0.25) is 4.79 Å². The molecule has 0 bridgehead atoms. The summed E-state index contributed by atoms with van der Waals surface area (Å²) in [5, 5.41) is 3.23. The topological polar surface area (TPSA) is 72.9 Å². The van der Waals surface area contributed by atoms with Crippen LogP contribution in [0.2, 0.25) is 0 Å². The molecule has 1 N–H and O–H groups in total. The van der Waals surface area contributed by atoms with E-state index in [4.69, 9.17) is 14.2 Å². The molecule has 0 aliphatic carbocycles. The number of nitrogens with one attached hydrogen (secondary N) is 1. The second-order valence-corrected chi connectivity index (χ2v) is 8.67. The Morgan fingerprint density at radius 3 is 2.21 bits per heavy atom. The molecule has 0 unspecified atom stereocenters. The van der Waals surface area contributed by atoms with Crippen LogP contribution < -0.4 is 19.5 Å². The van der Waals surface area contributed by atoms with Gasteiger partial charge in [0.1, 0.15) is 28.9 Å². The molecule has 9 heteroatoms. The van der Waals surface area contributed by atoms with Gasteiger partial charge in [-0.2, -0.15) is 0 Å². The summed E-state index contributed by atoms with van der Waals surface area (Å²) in [4.78, 5) is 19.8. The van der Waals surface area contributed by atoms with Gasteiger partial charge in [0.05, 0.1) is 62.6 Å². The molecule has 1 aromatic heterocycles. The van der Waals surface area contributed by atoms with E-state index in [1.165, 1.54) is 24.3 Å². The molecular formula is C29H25F2N3O4. The third kappa shape index (κ3) is 4.70. The maximum Gasteiger partial charge on any atom is 0.258 e. The Morgan fingerprint density at radius 1 is 0.868 bits per heavy atom. The zero-order valence-electron chi connectivity index (χ0n) is 21.0. The van der Waals surface area contributed by atoms with Crippen LogP contribution in [0, 0.1) is 11.6 Å². The van der Waals surface area contributed by atoms with Gasteiger partial charge in [0.2, 0.25) is 0 Å². The van der Waals surface area contributed by atoms with Crippen LogP contribution in [0.15, 0.2) is 66.7 Å². The summed E-state index contributed by atoms with van der Waals surface area (Å²) in [6.45, 7) is 0.401. The summed E-state index contributed by atoms with van der Waals surface area (Å²) in [7, 11) is 4.68. The number of ether oxygens (including phenoxy) is 3. The zero-order chi connectivity index (χ0) is 26.8. The van der Waals surface area contributed by atoms with Crippen LogP contribution in [0.4, 0.5) is 20.2 Å². The highest BCUT2D eigenvalue weighted by molar-refractivity contribution is 6.04. The van der Waals surface area contributed by atoms with Crippen LogP contribution in [0.3, 0.4) is 0 Å². The molecule has 0 spiro atoms. The van der Waals surface area contributed by atoms with E-state index in [1.54, 1.807) is 62.6 Å². The number of aromatic nitrogens is 1. The van der Waals surface area contributed by atoms with Crippen molar-refractivity contribution in [3.63, 3.8) is 0 Å². The van der Waals surface area contributed by atoms with E-state index in [2.05, 4.69) is 10.3 Å². The maximum absolute atomic E-state index is 14.7. The number of nitrogens with zero attached hydrogens (tertiary/aromatic N) is 2. The first-order chi connectivity index (χ1) is 18.4. The van der Waals surface area contributed by atoms with E-state index in [0.717, 1.165) is 5.56 Å². The van der Waals surface area contributed by atoms with Crippen molar-refractivity contribution in [3.05, 3.63) is 95.2 Å². The van der Waals surface area contributed by atoms with Crippen molar-refractivity contribution < 1.29 is 27.8 Å². The number of benzene rings is 3. The van der Waals surface area contributed by atoms with E-state index in [1.807, 2.05) is 6.07 Å². The standard InChI is InChI=1S/C29H25F2N3O4/c1-36-19-11-8-18(9-12-19)32-24-14-23(27-21(30)5-4-6-22(27)31)33-25-16-34(29(35)28(24)25)15-17-7-10-20(37-2)13-26(17)38-3/h4-14H,15-16H2,1-3H3,(H,32,33). The Morgan fingerprint density at radius 2 is 1.55 bits per heavy atom. The third-order valence-corrected chi connectivity index (χ3v) is 6.38. The molecule has 0 atom stereocenters.